The first kappa shape index (κ1) is 9.91. The highest BCUT2D eigenvalue weighted by Gasteiger charge is 2.27. The van der Waals surface area contributed by atoms with Gasteiger partial charge in [-0.25, -0.2) is 0 Å². The highest BCUT2D eigenvalue weighted by atomic mass is 32.2. The Morgan fingerprint density at radius 2 is 2.17 bits per heavy atom. The van der Waals surface area contributed by atoms with Gasteiger partial charge in [-0.15, -0.1) is 0 Å². The van der Waals surface area contributed by atoms with Gasteiger partial charge < -0.3 is 5.11 Å². The van der Waals surface area contributed by atoms with Crippen molar-refractivity contribution in [2.24, 2.45) is 0 Å². The lowest BCUT2D eigenvalue weighted by molar-refractivity contribution is 0.265. The minimum absolute atomic E-state index is 0.105. The number of rotatable bonds is 5. The molecular weight excluding hydrogens is 180 g/mol. The number of hydrogen-bond acceptors (Lipinski definition) is 3. The van der Waals surface area contributed by atoms with Crippen molar-refractivity contribution < 1.29 is 13.5 Å². The van der Waals surface area contributed by atoms with Gasteiger partial charge >= 0.3 is 0 Å². The number of nitrogens with one attached hydrogen (secondary N) is 2. The van der Waals surface area contributed by atoms with Gasteiger partial charge in [0.2, 0.25) is 0 Å². The van der Waals surface area contributed by atoms with Gasteiger partial charge in [0.1, 0.15) is 0 Å². The summed E-state index contributed by atoms with van der Waals surface area (Å²) in [6.45, 7) is 1.41. The second-order valence-corrected chi connectivity index (χ2v) is 4.58. The molecule has 5 nitrogen and oxygen atoms in total. The zero-order chi connectivity index (χ0) is 9.19. The molecule has 1 aliphatic carbocycles. The molecule has 1 rings (SSSR count). The summed E-state index contributed by atoms with van der Waals surface area (Å²) in [6, 6.07) is -0.324. The number of hydrogen-bond donors (Lipinski definition) is 3. The zero-order valence-corrected chi connectivity index (χ0v) is 7.76. The van der Waals surface area contributed by atoms with Gasteiger partial charge in [-0.1, -0.05) is 0 Å². The lowest BCUT2D eigenvalue weighted by atomic mass is 10.4. The Bertz CT molecular complexity index is 235. The van der Waals surface area contributed by atoms with Crippen LogP contribution in [0.25, 0.3) is 0 Å². The molecule has 0 aromatic rings. The maximum atomic E-state index is 11.1. The molecule has 1 unspecified atom stereocenters. The van der Waals surface area contributed by atoms with Crippen LogP contribution in [0.5, 0.6) is 0 Å². The van der Waals surface area contributed by atoms with Gasteiger partial charge in [-0.05, 0) is 19.8 Å². The van der Waals surface area contributed by atoms with E-state index < -0.39 is 16.3 Å². The van der Waals surface area contributed by atoms with Crippen molar-refractivity contribution in [1.29, 1.82) is 0 Å². The minimum atomic E-state index is -3.39. The Labute approximate surface area is 72.3 Å². The SMILES string of the molecule is CC(CO)NS(=O)(=O)NC1CC1. The highest BCUT2D eigenvalue weighted by molar-refractivity contribution is 7.87. The maximum absolute atomic E-state index is 11.1. The van der Waals surface area contributed by atoms with Crippen LogP contribution in [0, 0.1) is 0 Å². The van der Waals surface area contributed by atoms with Crippen molar-refractivity contribution in [3.63, 3.8) is 0 Å². The maximum Gasteiger partial charge on any atom is 0.277 e. The fourth-order valence-electron chi connectivity index (χ4n) is 0.757. The van der Waals surface area contributed by atoms with Crippen molar-refractivity contribution >= 4 is 10.2 Å². The molecule has 0 aromatic heterocycles. The van der Waals surface area contributed by atoms with Gasteiger partial charge in [0.15, 0.2) is 0 Å². The molecule has 1 atom stereocenters. The second kappa shape index (κ2) is 3.69. The van der Waals surface area contributed by atoms with Crippen LogP contribution < -0.4 is 9.44 Å². The molecule has 0 saturated heterocycles. The highest BCUT2D eigenvalue weighted by Crippen LogP contribution is 2.19. The van der Waals surface area contributed by atoms with Crippen molar-refractivity contribution in [3.8, 4) is 0 Å². The summed E-state index contributed by atoms with van der Waals surface area (Å²) in [5, 5.41) is 8.59. The molecule has 12 heavy (non-hydrogen) atoms. The van der Waals surface area contributed by atoms with Crippen LogP contribution in [0.3, 0.4) is 0 Å². The first-order chi connectivity index (χ1) is 5.53. The first-order valence-corrected chi connectivity index (χ1v) is 5.42. The van der Waals surface area contributed by atoms with Gasteiger partial charge in [0.25, 0.3) is 10.2 Å². The van der Waals surface area contributed by atoms with Gasteiger partial charge in [-0.3, -0.25) is 0 Å². The Hall–Kier alpha value is -0.170. The van der Waals surface area contributed by atoms with Crippen LogP contribution in [-0.4, -0.2) is 32.2 Å². The van der Waals surface area contributed by atoms with E-state index in [0.717, 1.165) is 12.8 Å². The molecule has 1 saturated carbocycles. The topological polar surface area (TPSA) is 78.4 Å². The predicted molar refractivity (Wildman–Crippen MR) is 44.8 cm³/mol. The summed E-state index contributed by atoms with van der Waals surface area (Å²) >= 11 is 0. The third kappa shape index (κ3) is 3.48. The van der Waals surface area contributed by atoms with Crippen LogP contribution in [0.2, 0.25) is 0 Å². The Morgan fingerprint density at radius 3 is 2.58 bits per heavy atom. The molecule has 1 fully saturated rings. The van der Waals surface area contributed by atoms with E-state index in [9.17, 15) is 8.42 Å². The van der Waals surface area contributed by atoms with E-state index in [1.807, 2.05) is 0 Å². The van der Waals surface area contributed by atoms with Crippen molar-refractivity contribution in [2.75, 3.05) is 6.61 Å². The molecular formula is C6H14N2O3S. The Kier molecular flexibility index (Phi) is 3.05. The second-order valence-electron chi connectivity index (χ2n) is 3.10. The molecule has 0 radical (unpaired) electrons. The molecule has 6 heteroatoms. The Morgan fingerprint density at radius 1 is 1.58 bits per heavy atom. The minimum Gasteiger partial charge on any atom is -0.395 e. The fourth-order valence-corrected chi connectivity index (χ4v) is 2.10. The molecule has 1 aliphatic rings. The lowest BCUT2D eigenvalue weighted by Crippen LogP contribution is -2.43. The van der Waals surface area contributed by atoms with E-state index in [-0.39, 0.29) is 12.6 Å². The molecule has 0 spiro atoms. The zero-order valence-electron chi connectivity index (χ0n) is 6.95. The monoisotopic (exact) mass is 194 g/mol. The molecule has 0 aliphatic heterocycles. The first-order valence-electron chi connectivity index (χ1n) is 3.94. The molecule has 0 aromatic carbocycles. The van der Waals surface area contributed by atoms with E-state index in [0.29, 0.717) is 0 Å². The Balaban J connectivity index is 2.36. The van der Waals surface area contributed by atoms with Gasteiger partial charge in [0, 0.05) is 12.1 Å². The van der Waals surface area contributed by atoms with Crippen LogP contribution >= 0.6 is 0 Å². The summed E-state index contributed by atoms with van der Waals surface area (Å²) in [5.74, 6) is 0. The van der Waals surface area contributed by atoms with Crippen LogP contribution in [0.15, 0.2) is 0 Å². The van der Waals surface area contributed by atoms with Crippen LogP contribution in [0.1, 0.15) is 19.8 Å². The standard InChI is InChI=1S/C6H14N2O3S/c1-5(4-9)7-12(10,11)8-6-2-3-6/h5-9H,2-4H2,1H3. The number of aliphatic hydroxyl groups is 1. The van der Waals surface area contributed by atoms with Crippen molar-refractivity contribution in [2.45, 2.75) is 31.8 Å². The van der Waals surface area contributed by atoms with Crippen molar-refractivity contribution in [3.05, 3.63) is 0 Å². The summed E-state index contributed by atoms with van der Waals surface area (Å²) in [5.41, 5.74) is 0. The predicted octanol–water partition coefficient (Wildman–Crippen LogP) is -1.05. The number of aliphatic hydroxyl groups excluding tert-OH is 1. The van der Waals surface area contributed by atoms with Gasteiger partial charge in [0.05, 0.1) is 6.61 Å². The quantitative estimate of drug-likeness (QED) is 0.523. The molecule has 0 bridgehead atoms. The summed E-state index contributed by atoms with van der Waals surface area (Å²) in [6.07, 6.45) is 1.82. The fraction of sp³-hybridized carbons (Fsp3) is 1.00. The van der Waals surface area contributed by atoms with E-state index in [4.69, 9.17) is 5.11 Å². The average molecular weight is 194 g/mol. The van der Waals surface area contributed by atoms with E-state index in [2.05, 4.69) is 9.44 Å². The van der Waals surface area contributed by atoms with E-state index >= 15 is 0 Å². The molecule has 0 heterocycles. The normalized spacial score (nSPS) is 20.8. The lowest BCUT2D eigenvalue weighted by Gasteiger charge is -2.11. The van der Waals surface area contributed by atoms with Gasteiger partial charge in [-0.2, -0.15) is 17.9 Å². The third-order valence-corrected chi connectivity index (χ3v) is 2.89. The summed E-state index contributed by atoms with van der Waals surface area (Å²) in [4.78, 5) is 0. The molecule has 3 N–H and O–H groups in total. The summed E-state index contributed by atoms with van der Waals surface area (Å²) < 4.78 is 27.0. The van der Waals surface area contributed by atoms with E-state index in [1.54, 1.807) is 6.92 Å². The van der Waals surface area contributed by atoms with Crippen LogP contribution in [-0.2, 0) is 10.2 Å². The average Bonchev–Trinajstić information content (AvgIpc) is 2.69. The van der Waals surface area contributed by atoms with Crippen LogP contribution in [0.4, 0.5) is 0 Å². The third-order valence-electron chi connectivity index (χ3n) is 1.53. The smallest absolute Gasteiger partial charge is 0.277 e. The van der Waals surface area contributed by atoms with E-state index in [1.165, 1.54) is 0 Å². The summed E-state index contributed by atoms with van der Waals surface area (Å²) in [7, 11) is -3.39. The molecule has 0 amide bonds. The largest absolute Gasteiger partial charge is 0.395 e. The molecule has 72 valence electrons. The van der Waals surface area contributed by atoms with Crippen molar-refractivity contribution in [1.82, 2.24) is 9.44 Å².